The first kappa shape index (κ1) is 21.1. The Balaban J connectivity index is 0.00000312. The number of allylic oxidation sites excluding steroid dienone is 2. The maximum atomic E-state index is 14.4. The number of rotatable bonds is 4. The number of halogens is 1. The number of nitrogens with one attached hydrogen (secondary N) is 2. The standard InChI is InChI=1S/C16H19FN3O4.W/c1-20(2)11-6-4-9(8-12(24-3)14(11)17)15(22)18-10-5-7-13(21)19-16(10)23;/h4,6,10,14H,5,7H2,1-3H3,(H,18,22)(H,19,21,23);/q-1;. The fourth-order valence-electron chi connectivity index (χ4n) is 2.36. The van der Waals surface area contributed by atoms with Crippen molar-refractivity contribution in [1.82, 2.24) is 15.5 Å². The van der Waals surface area contributed by atoms with Gasteiger partial charge in [-0.1, -0.05) is 6.08 Å². The molecule has 1 aliphatic heterocycles. The van der Waals surface area contributed by atoms with Gasteiger partial charge in [-0.05, 0) is 6.42 Å². The summed E-state index contributed by atoms with van der Waals surface area (Å²) in [5, 5.41) is 4.68. The summed E-state index contributed by atoms with van der Waals surface area (Å²) >= 11 is 0. The summed E-state index contributed by atoms with van der Waals surface area (Å²) in [5.74, 6) is -1.65. The Labute approximate surface area is 159 Å². The van der Waals surface area contributed by atoms with Crippen LogP contribution in [0.25, 0.3) is 0 Å². The first-order valence-corrected chi connectivity index (χ1v) is 7.39. The number of imide groups is 1. The number of carbonyl (C=O) groups excluding carboxylic acids is 3. The largest absolute Gasteiger partial charge is 0.511 e. The van der Waals surface area contributed by atoms with E-state index in [0.29, 0.717) is 5.70 Å². The summed E-state index contributed by atoms with van der Waals surface area (Å²) in [6, 6.07) is -0.814. The number of piperidine rings is 1. The zero-order valence-corrected chi connectivity index (χ0v) is 17.0. The van der Waals surface area contributed by atoms with E-state index in [4.69, 9.17) is 4.74 Å². The Morgan fingerprint density at radius 3 is 2.64 bits per heavy atom. The van der Waals surface area contributed by atoms with E-state index in [2.05, 4.69) is 16.7 Å². The molecule has 25 heavy (non-hydrogen) atoms. The van der Waals surface area contributed by atoms with Gasteiger partial charge in [-0.3, -0.25) is 14.9 Å². The van der Waals surface area contributed by atoms with Gasteiger partial charge in [-0.2, -0.15) is 6.08 Å². The van der Waals surface area contributed by atoms with E-state index in [1.54, 1.807) is 19.0 Å². The molecule has 3 amide bonds. The van der Waals surface area contributed by atoms with E-state index in [1.165, 1.54) is 19.3 Å². The minimum absolute atomic E-state index is 0. The number of methoxy groups -OCH3 is 1. The molecule has 0 aromatic carbocycles. The summed E-state index contributed by atoms with van der Waals surface area (Å²) in [4.78, 5) is 36.8. The third-order valence-corrected chi connectivity index (χ3v) is 3.69. The summed E-state index contributed by atoms with van der Waals surface area (Å²) < 4.78 is 19.4. The normalized spacial score (nSPS) is 23.1. The van der Waals surface area contributed by atoms with Crippen molar-refractivity contribution < 1.29 is 44.6 Å². The van der Waals surface area contributed by atoms with Crippen LogP contribution in [0.5, 0.6) is 0 Å². The van der Waals surface area contributed by atoms with Crippen molar-refractivity contribution >= 4 is 17.7 Å². The van der Waals surface area contributed by atoms with Gasteiger partial charge in [0.05, 0.1) is 18.9 Å². The molecule has 0 aromatic rings. The van der Waals surface area contributed by atoms with Crippen LogP contribution < -0.4 is 10.6 Å². The van der Waals surface area contributed by atoms with Gasteiger partial charge in [0, 0.05) is 47.3 Å². The van der Waals surface area contributed by atoms with Crippen LogP contribution >= 0.6 is 0 Å². The fraction of sp³-hybridized carbons (Fsp3) is 0.438. The molecule has 1 fully saturated rings. The minimum Gasteiger partial charge on any atom is -0.511 e. The van der Waals surface area contributed by atoms with E-state index >= 15 is 0 Å². The smallest absolute Gasteiger partial charge is 0.248 e. The molecule has 0 spiro atoms. The second-order valence-electron chi connectivity index (χ2n) is 5.60. The Hall–Kier alpha value is -1.95. The van der Waals surface area contributed by atoms with Gasteiger partial charge in [0.2, 0.25) is 11.8 Å². The third kappa shape index (κ3) is 5.01. The zero-order chi connectivity index (χ0) is 17.9. The molecule has 1 aliphatic carbocycles. The van der Waals surface area contributed by atoms with E-state index in [1.807, 2.05) is 0 Å². The molecule has 0 aromatic heterocycles. The number of ether oxygens (including phenoxy) is 1. The van der Waals surface area contributed by atoms with E-state index in [0.717, 1.165) is 0 Å². The van der Waals surface area contributed by atoms with Crippen molar-refractivity contribution in [3.63, 3.8) is 0 Å². The van der Waals surface area contributed by atoms with Gasteiger partial charge in [-0.15, -0.1) is 11.6 Å². The summed E-state index contributed by atoms with van der Waals surface area (Å²) in [6.07, 6.45) is 4.29. The molecule has 7 nitrogen and oxygen atoms in total. The number of alkyl halides is 1. The van der Waals surface area contributed by atoms with Gasteiger partial charge in [-0.25, -0.2) is 4.39 Å². The molecule has 2 atom stereocenters. The molecule has 0 bridgehead atoms. The molecule has 2 rings (SSSR count). The molecular weight excluding hydrogens is 501 g/mol. The number of hydrogen-bond donors (Lipinski definition) is 2. The molecule has 1 heterocycles. The van der Waals surface area contributed by atoms with E-state index in [9.17, 15) is 18.8 Å². The van der Waals surface area contributed by atoms with Crippen LogP contribution in [0, 0.1) is 6.08 Å². The third-order valence-electron chi connectivity index (χ3n) is 3.69. The molecule has 136 valence electrons. The van der Waals surface area contributed by atoms with Crippen molar-refractivity contribution in [3.05, 3.63) is 35.3 Å². The molecule has 2 unspecified atom stereocenters. The van der Waals surface area contributed by atoms with Crippen LogP contribution in [-0.4, -0.2) is 56.0 Å². The van der Waals surface area contributed by atoms with Gasteiger partial charge >= 0.3 is 0 Å². The Morgan fingerprint density at radius 2 is 2.08 bits per heavy atom. The van der Waals surface area contributed by atoms with Gasteiger partial charge < -0.3 is 19.7 Å². The molecular formula is C16H19FN3O4W-. The monoisotopic (exact) mass is 520 g/mol. The average Bonchev–Trinajstić information content (AvgIpc) is 2.69. The second-order valence-corrected chi connectivity index (χ2v) is 5.60. The van der Waals surface area contributed by atoms with Crippen LogP contribution in [-0.2, 0) is 40.2 Å². The van der Waals surface area contributed by atoms with Crippen LogP contribution in [0.3, 0.4) is 0 Å². The first-order valence-electron chi connectivity index (χ1n) is 7.39. The predicted molar refractivity (Wildman–Crippen MR) is 82.8 cm³/mol. The van der Waals surface area contributed by atoms with Crippen LogP contribution in [0.1, 0.15) is 12.8 Å². The maximum absolute atomic E-state index is 14.4. The molecule has 1 saturated heterocycles. The Kier molecular flexibility index (Phi) is 7.55. The minimum atomic E-state index is -1.55. The molecule has 9 heteroatoms. The van der Waals surface area contributed by atoms with Gasteiger partial charge in [0.25, 0.3) is 0 Å². The topological polar surface area (TPSA) is 87.7 Å². The predicted octanol–water partition coefficient (Wildman–Crippen LogP) is -0.0376. The second kappa shape index (κ2) is 8.94. The Bertz CT molecular complexity index is 658. The van der Waals surface area contributed by atoms with Crippen molar-refractivity contribution in [2.24, 2.45) is 0 Å². The van der Waals surface area contributed by atoms with Crippen LogP contribution in [0.15, 0.2) is 29.2 Å². The summed E-state index contributed by atoms with van der Waals surface area (Å²) in [7, 11) is 4.64. The zero-order valence-electron chi connectivity index (χ0n) is 14.1. The van der Waals surface area contributed by atoms with Gasteiger partial charge in [0.1, 0.15) is 5.91 Å². The summed E-state index contributed by atoms with van der Waals surface area (Å²) in [5.41, 5.74) is 0.346. The van der Waals surface area contributed by atoms with E-state index < -0.39 is 24.0 Å². The fourth-order valence-corrected chi connectivity index (χ4v) is 2.36. The molecule has 0 saturated carbocycles. The maximum Gasteiger partial charge on any atom is 0.248 e. The first-order chi connectivity index (χ1) is 11.3. The number of amides is 3. The van der Waals surface area contributed by atoms with Crippen LogP contribution in [0.4, 0.5) is 4.39 Å². The van der Waals surface area contributed by atoms with Crippen molar-refractivity contribution in [2.75, 3.05) is 21.2 Å². The van der Waals surface area contributed by atoms with Gasteiger partial charge in [0.15, 0.2) is 6.17 Å². The molecule has 2 N–H and O–H groups in total. The summed E-state index contributed by atoms with van der Waals surface area (Å²) in [6.45, 7) is 0. The van der Waals surface area contributed by atoms with Crippen molar-refractivity contribution in [2.45, 2.75) is 25.1 Å². The van der Waals surface area contributed by atoms with Crippen LogP contribution in [0.2, 0.25) is 0 Å². The quantitative estimate of drug-likeness (QED) is 0.402. The van der Waals surface area contributed by atoms with E-state index in [-0.39, 0.29) is 51.1 Å². The SMILES string of the molecule is COC1=[C-]C(C(=O)NC2CCC(=O)NC2=O)=CC=C(N(C)C)C1F.[W]. The average molecular weight is 520 g/mol. The van der Waals surface area contributed by atoms with Crippen molar-refractivity contribution in [1.29, 1.82) is 0 Å². The number of hydrogen-bond acceptors (Lipinski definition) is 5. The number of carbonyl (C=O) groups is 3. The van der Waals surface area contributed by atoms with Crippen molar-refractivity contribution in [3.8, 4) is 0 Å². The number of nitrogens with zero attached hydrogens (tertiary/aromatic N) is 1. The molecule has 2 aliphatic rings. The Morgan fingerprint density at radius 1 is 1.40 bits per heavy atom. The molecule has 0 radical (unpaired) electrons.